The van der Waals surface area contributed by atoms with E-state index in [2.05, 4.69) is 39.7 Å². The van der Waals surface area contributed by atoms with E-state index in [4.69, 9.17) is 0 Å². The fourth-order valence-electron chi connectivity index (χ4n) is 4.35. The van der Waals surface area contributed by atoms with E-state index in [0.717, 1.165) is 45.3 Å². The third-order valence-corrected chi connectivity index (χ3v) is 6.13. The van der Waals surface area contributed by atoms with Gasteiger partial charge in [0.05, 0.1) is 5.41 Å². The van der Waals surface area contributed by atoms with Crippen molar-refractivity contribution < 1.29 is 4.79 Å². The van der Waals surface area contributed by atoms with E-state index in [-0.39, 0.29) is 5.41 Å². The van der Waals surface area contributed by atoms with Gasteiger partial charge in [0.25, 0.3) is 0 Å². The molecule has 2 aliphatic rings. The van der Waals surface area contributed by atoms with Crippen molar-refractivity contribution in [2.75, 3.05) is 13.1 Å². The van der Waals surface area contributed by atoms with Gasteiger partial charge in [-0.1, -0.05) is 43.7 Å². The minimum absolute atomic E-state index is 0.228. The van der Waals surface area contributed by atoms with Gasteiger partial charge in [-0.2, -0.15) is 0 Å². The van der Waals surface area contributed by atoms with Crippen molar-refractivity contribution in [1.29, 1.82) is 0 Å². The summed E-state index contributed by atoms with van der Waals surface area (Å²) in [7, 11) is 0. The smallest absolute Gasteiger partial charge is 0.233 e. The van der Waals surface area contributed by atoms with Crippen molar-refractivity contribution in [3.63, 3.8) is 0 Å². The number of unbranched alkanes of at least 4 members (excludes halogenated alkanes) is 1. The van der Waals surface area contributed by atoms with Gasteiger partial charge >= 0.3 is 0 Å². The van der Waals surface area contributed by atoms with Crippen LogP contribution in [-0.2, 0) is 16.8 Å². The van der Waals surface area contributed by atoms with Crippen molar-refractivity contribution in [3.8, 4) is 0 Å². The van der Waals surface area contributed by atoms with Crippen LogP contribution in [0.3, 0.4) is 0 Å². The number of amides is 1. The van der Waals surface area contributed by atoms with E-state index in [1.54, 1.807) is 0 Å². The molecule has 1 saturated heterocycles. The Hall–Kier alpha value is -2.10. The van der Waals surface area contributed by atoms with Crippen LogP contribution in [0.2, 0.25) is 0 Å². The number of carbonyl (C=O) groups excluding carboxylic acids is 1. The number of nitrogens with zero attached hydrogens (tertiary/aromatic N) is 3. The van der Waals surface area contributed by atoms with Crippen molar-refractivity contribution in [3.05, 3.63) is 54.1 Å². The first kappa shape index (κ1) is 17.3. The van der Waals surface area contributed by atoms with Gasteiger partial charge in [0.2, 0.25) is 5.91 Å². The second kappa shape index (κ2) is 7.26. The van der Waals surface area contributed by atoms with Gasteiger partial charge in [0.15, 0.2) is 0 Å². The molecule has 4 nitrogen and oxygen atoms in total. The highest BCUT2D eigenvalue weighted by Crippen LogP contribution is 2.50. The number of piperidine rings is 1. The normalized spacial score (nSPS) is 19.5. The van der Waals surface area contributed by atoms with Gasteiger partial charge in [-0.05, 0) is 37.7 Å². The van der Waals surface area contributed by atoms with Crippen LogP contribution in [0.25, 0.3) is 0 Å². The molecular weight excluding hydrogens is 322 g/mol. The van der Waals surface area contributed by atoms with E-state index < -0.39 is 0 Å². The Labute approximate surface area is 156 Å². The first-order chi connectivity index (χ1) is 12.7. The van der Waals surface area contributed by atoms with Crippen LogP contribution in [0.1, 0.15) is 62.8 Å². The molecule has 0 atom stereocenters. The van der Waals surface area contributed by atoms with E-state index >= 15 is 0 Å². The minimum Gasteiger partial charge on any atom is -0.342 e. The Balaban J connectivity index is 1.40. The van der Waals surface area contributed by atoms with Gasteiger partial charge in [-0.3, -0.25) is 4.79 Å². The Bertz CT molecular complexity index is 740. The lowest BCUT2D eigenvalue weighted by Gasteiger charge is -2.34. The molecule has 0 bridgehead atoms. The topological polar surface area (TPSA) is 38.1 Å². The summed E-state index contributed by atoms with van der Waals surface area (Å²) in [5.41, 5.74) is 0.968. The number of hydrogen-bond donors (Lipinski definition) is 0. The van der Waals surface area contributed by atoms with Gasteiger partial charge in [0.1, 0.15) is 5.82 Å². The number of aryl methyl sites for hydroxylation is 1. The van der Waals surface area contributed by atoms with Gasteiger partial charge in [-0.15, -0.1) is 0 Å². The van der Waals surface area contributed by atoms with E-state index in [9.17, 15) is 4.79 Å². The van der Waals surface area contributed by atoms with E-state index in [1.165, 1.54) is 24.2 Å². The first-order valence-electron chi connectivity index (χ1n) is 10.1. The second-order valence-electron chi connectivity index (χ2n) is 7.85. The van der Waals surface area contributed by atoms with Crippen LogP contribution in [0.5, 0.6) is 0 Å². The average molecular weight is 351 g/mol. The second-order valence-corrected chi connectivity index (χ2v) is 7.85. The highest BCUT2D eigenvalue weighted by molar-refractivity contribution is 5.91. The fourth-order valence-corrected chi connectivity index (χ4v) is 4.35. The van der Waals surface area contributed by atoms with Gasteiger partial charge in [0, 0.05) is 37.9 Å². The van der Waals surface area contributed by atoms with Crippen molar-refractivity contribution in [1.82, 2.24) is 14.5 Å². The number of rotatable bonds is 6. The molecule has 0 N–H and O–H groups in total. The maximum atomic E-state index is 13.2. The summed E-state index contributed by atoms with van der Waals surface area (Å²) in [4.78, 5) is 19.9. The van der Waals surface area contributed by atoms with Gasteiger partial charge < -0.3 is 9.47 Å². The van der Waals surface area contributed by atoms with E-state index in [1.807, 2.05) is 24.4 Å². The monoisotopic (exact) mass is 351 g/mol. The van der Waals surface area contributed by atoms with Crippen LogP contribution in [-0.4, -0.2) is 33.4 Å². The lowest BCUT2D eigenvalue weighted by molar-refractivity contribution is -0.135. The maximum absolute atomic E-state index is 13.2. The molecule has 0 radical (unpaired) electrons. The zero-order chi connectivity index (χ0) is 18.0. The SMILES string of the molecule is CCCCn1ccnc1C1CCN(C(=O)C2(c3ccccc3)CC2)CC1. The predicted octanol–water partition coefficient (Wildman–Crippen LogP) is 4.12. The van der Waals surface area contributed by atoms with Crippen LogP contribution in [0.15, 0.2) is 42.7 Å². The highest BCUT2D eigenvalue weighted by Gasteiger charge is 2.53. The lowest BCUT2D eigenvalue weighted by Crippen LogP contribution is -2.43. The number of benzene rings is 1. The molecule has 2 fully saturated rings. The van der Waals surface area contributed by atoms with Crippen LogP contribution in [0.4, 0.5) is 0 Å². The summed E-state index contributed by atoms with van der Waals surface area (Å²) in [6.45, 7) is 5.00. The number of hydrogen-bond acceptors (Lipinski definition) is 2. The zero-order valence-corrected chi connectivity index (χ0v) is 15.7. The maximum Gasteiger partial charge on any atom is 0.233 e. The Kier molecular flexibility index (Phi) is 4.84. The average Bonchev–Trinajstić information content (AvgIpc) is 3.38. The predicted molar refractivity (Wildman–Crippen MR) is 103 cm³/mol. The molecule has 0 unspecified atom stereocenters. The quantitative estimate of drug-likeness (QED) is 0.785. The molecule has 2 aromatic rings. The molecule has 4 heteroatoms. The molecule has 0 spiro atoms. The molecule has 1 aromatic heterocycles. The molecule has 26 heavy (non-hydrogen) atoms. The molecule has 1 saturated carbocycles. The summed E-state index contributed by atoms with van der Waals surface area (Å²) in [5.74, 6) is 2.05. The number of aromatic nitrogens is 2. The molecule has 1 aliphatic heterocycles. The lowest BCUT2D eigenvalue weighted by atomic mass is 9.91. The molecule has 138 valence electrons. The Morgan fingerprint density at radius 3 is 2.58 bits per heavy atom. The molecule has 4 rings (SSSR count). The molecule has 1 aromatic carbocycles. The highest BCUT2D eigenvalue weighted by atomic mass is 16.2. The Morgan fingerprint density at radius 1 is 1.19 bits per heavy atom. The summed E-state index contributed by atoms with van der Waals surface area (Å²) in [6, 6.07) is 10.3. The summed E-state index contributed by atoms with van der Waals surface area (Å²) < 4.78 is 2.32. The standard InChI is InChI=1S/C22H29N3O/c1-2-3-14-24-17-13-23-20(24)18-9-15-25(16-10-18)21(26)22(11-12-22)19-7-5-4-6-8-19/h4-8,13,17-18H,2-3,9-12,14-16H2,1H3. The van der Waals surface area contributed by atoms with Crippen molar-refractivity contribution in [2.24, 2.45) is 0 Å². The van der Waals surface area contributed by atoms with Crippen molar-refractivity contribution >= 4 is 5.91 Å². The van der Waals surface area contributed by atoms with Crippen LogP contribution >= 0.6 is 0 Å². The number of likely N-dealkylation sites (tertiary alicyclic amines) is 1. The minimum atomic E-state index is -0.228. The van der Waals surface area contributed by atoms with Crippen LogP contribution < -0.4 is 0 Å². The third-order valence-electron chi connectivity index (χ3n) is 6.13. The number of imidazole rings is 1. The fraction of sp³-hybridized carbons (Fsp3) is 0.545. The first-order valence-corrected chi connectivity index (χ1v) is 10.1. The zero-order valence-electron chi connectivity index (χ0n) is 15.7. The number of carbonyl (C=O) groups is 1. The largest absolute Gasteiger partial charge is 0.342 e. The summed E-state index contributed by atoms with van der Waals surface area (Å²) in [6.07, 6.45) is 10.5. The molecule has 1 aliphatic carbocycles. The van der Waals surface area contributed by atoms with E-state index in [0.29, 0.717) is 11.8 Å². The summed E-state index contributed by atoms with van der Waals surface area (Å²) in [5, 5.41) is 0. The summed E-state index contributed by atoms with van der Waals surface area (Å²) >= 11 is 0. The van der Waals surface area contributed by atoms with Gasteiger partial charge in [-0.25, -0.2) is 4.98 Å². The van der Waals surface area contributed by atoms with Crippen molar-refractivity contribution in [2.45, 2.75) is 63.3 Å². The van der Waals surface area contributed by atoms with Crippen LogP contribution in [0, 0.1) is 0 Å². The molecule has 2 heterocycles. The molecule has 1 amide bonds. The Morgan fingerprint density at radius 2 is 1.92 bits per heavy atom. The molecular formula is C22H29N3O. The third kappa shape index (κ3) is 3.17.